The molecule has 2 aromatic heterocycles. The molecule has 7 heteroatoms. The lowest BCUT2D eigenvalue weighted by Gasteiger charge is -2.08. The highest BCUT2D eigenvalue weighted by atomic mass is 35.5. The Morgan fingerprint density at radius 2 is 2.16 bits per heavy atom. The quantitative estimate of drug-likeness (QED) is 0.895. The summed E-state index contributed by atoms with van der Waals surface area (Å²) in [4.78, 5) is 26.6. The Kier molecular flexibility index (Phi) is 3.82. The molecule has 0 aliphatic rings. The molecule has 0 spiro atoms. The summed E-state index contributed by atoms with van der Waals surface area (Å²) in [7, 11) is 0. The standard InChI is InChI=1S/C12H10ClN3O3/c13-8-3-1-5-14-11(8)15-12(19)9-4-2-6-16(9)7-10(17)18/h1-6H,7H2,(H,17,18)(H,14,15,19). The van der Waals surface area contributed by atoms with Gasteiger partial charge in [-0.15, -0.1) is 0 Å². The Morgan fingerprint density at radius 3 is 2.84 bits per heavy atom. The van der Waals surface area contributed by atoms with E-state index in [1.807, 2.05) is 0 Å². The van der Waals surface area contributed by atoms with Gasteiger partial charge in [-0.3, -0.25) is 9.59 Å². The second-order valence-electron chi connectivity index (χ2n) is 3.70. The van der Waals surface area contributed by atoms with Gasteiger partial charge in [-0.05, 0) is 24.3 Å². The minimum absolute atomic E-state index is 0.226. The number of carboxylic acid groups (broad SMARTS) is 1. The summed E-state index contributed by atoms with van der Waals surface area (Å²) in [5.41, 5.74) is 0.226. The maximum Gasteiger partial charge on any atom is 0.323 e. The summed E-state index contributed by atoms with van der Waals surface area (Å²) in [6.07, 6.45) is 3.01. The molecule has 0 bridgehead atoms. The number of carboxylic acids is 1. The summed E-state index contributed by atoms with van der Waals surface area (Å²) in [5.74, 6) is -1.26. The smallest absolute Gasteiger partial charge is 0.323 e. The van der Waals surface area contributed by atoms with E-state index in [1.54, 1.807) is 18.2 Å². The number of halogens is 1. The number of aromatic nitrogens is 2. The molecule has 2 heterocycles. The van der Waals surface area contributed by atoms with Crippen LogP contribution in [0.3, 0.4) is 0 Å². The van der Waals surface area contributed by atoms with Crippen LogP contribution in [0.4, 0.5) is 5.82 Å². The van der Waals surface area contributed by atoms with Crippen LogP contribution in [0.25, 0.3) is 0 Å². The molecule has 0 radical (unpaired) electrons. The van der Waals surface area contributed by atoms with Crippen LogP contribution in [0.2, 0.25) is 5.02 Å². The van der Waals surface area contributed by atoms with E-state index in [0.717, 1.165) is 0 Å². The van der Waals surface area contributed by atoms with Crippen molar-refractivity contribution in [1.29, 1.82) is 0 Å². The van der Waals surface area contributed by atoms with Crippen molar-refractivity contribution in [3.8, 4) is 0 Å². The second-order valence-corrected chi connectivity index (χ2v) is 4.11. The minimum Gasteiger partial charge on any atom is -0.480 e. The highest BCUT2D eigenvalue weighted by Crippen LogP contribution is 2.18. The predicted molar refractivity (Wildman–Crippen MR) is 69.3 cm³/mol. The summed E-state index contributed by atoms with van der Waals surface area (Å²) < 4.78 is 1.33. The van der Waals surface area contributed by atoms with Gasteiger partial charge < -0.3 is 15.0 Å². The van der Waals surface area contributed by atoms with E-state index in [0.29, 0.717) is 5.02 Å². The monoisotopic (exact) mass is 279 g/mol. The Bertz CT molecular complexity index is 624. The first-order valence-corrected chi connectivity index (χ1v) is 5.74. The number of nitrogens with one attached hydrogen (secondary N) is 1. The highest BCUT2D eigenvalue weighted by molar-refractivity contribution is 6.33. The molecule has 0 unspecified atom stereocenters. The Morgan fingerprint density at radius 1 is 1.37 bits per heavy atom. The van der Waals surface area contributed by atoms with Crippen LogP contribution in [0.1, 0.15) is 10.5 Å². The fraction of sp³-hybridized carbons (Fsp3) is 0.0833. The number of hydrogen-bond donors (Lipinski definition) is 2. The van der Waals surface area contributed by atoms with Crippen molar-refractivity contribution < 1.29 is 14.7 Å². The first-order valence-electron chi connectivity index (χ1n) is 5.36. The number of amides is 1. The Hall–Kier alpha value is -2.34. The molecular weight excluding hydrogens is 270 g/mol. The van der Waals surface area contributed by atoms with Gasteiger partial charge in [-0.1, -0.05) is 11.6 Å². The number of pyridine rings is 1. The van der Waals surface area contributed by atoms with Crippen molar-refractivity contribution in [2.75, 3.05) is 5.32 Å². The molecule has 0 saturated carbocycles. The van der Waals surface area contributed by atoms with Gasteiger partial charge in [0.15, 0.2) is 5.82 Å². The van der Waals surface area contributed by atoms with Gasteiger partial charge in [0.05, 0.1) is 5.02 Å². The number of rotatable bonds is 4. The zero-order valence-electron chi connectivity index (χ0n) is 9.71. The van der Waals surface area contributed by atoms with E-state index in [4.69, 9.17) is 16.7 Å². The van der Waals surface area contributed by atoms with Gasteiger partial charge in [0.1, 0.15) is 12.2 Å². The molecule has 0 saturated heterocycles. The van der Waals surface area contributed by atoms with Crippen molar-refractivity contribution in [3.05, 3.63) is 47.4 Å². The van der Waals surface area contributed by atoms with Crippen molar-refractivity contribution in [2.24, 2.45) is 0 Å². The molecular formula is C12H10ClN3O3. The molecule has 2 N–H and O–H groups in total. The van der Waals surface area contributed by atoms with E-state index < -0.39 is 11.9 Å². The van der Waals surface area contributed by atoms with Gasteiger partial charge in [-0.2, -0.15) is 0 Å². The average Bonchev–Trinajstić information content (AvgIpc) is 2.79. The predicted octanol–water partition coefficient (Wildman–Crippen LogP) is 1.87. The van der Waals surface area contributed by atoms with Crippen LogP contribution in [-0.2, 0) is 11.3 Å². The lowest BCUT2D eigenvalue weighted by Crippen LogP contribution is -2.20. The number of anilines is 1. The Labute approximate surface area is 113 Å². The molecule has 1 amide bonds. The second kappa shape index (κ2) is 5.53. The highest BCUT2D eigenvalue weighted by Gasteiger charge is 2.14. The average molecular weight is 280 g/mol. The first-order chi connectivity index (χ1) is 9.08. The van der Waals surface area contributed by atoms with Crippen LogP contribution < -0.4 is 5.32 Å². The third-order valence-electron chi connectivity index (χ3n) is 2.36. The van der Waals surface area contributed by atoms with E-state index in [9.17, 15) is 9.59 Å². The van der Waals surface area contributed by atoms with E-state index in [1.165, 1.54) is 23.0 Å². The van der Waals surface area contributed by atoms with Crippen LogP contribution in [0, 0.1) is 0 Å². The summed E-state index contributed by atoms with van der Waals surface area (Å²) >= 11 is 5.88. The number of aliphatic carboxylic acids is 1. The third-order valence-corrected chi connectivity index (χ3v) is 2.66. The largest absolute Gasteiger partial charge is 0.480 e. The molecule has 2 aromatic rings. The summed E-state index contributed by atoms with van der Waals surface area (Å²) in [6, 6.07) is 6.36. The Balaban J connectivity index is 2.19. The lowest BCUT2D eigenvalue weighted by molar-refractivity contribution is -0.137. The van der Waals surface area contributed by atoms with Gasteiger partial charge in [0, 0.05) is 12.4 Å². The molecule has 0 fully saturated rings. The maximum absolute atomic E-state index is 12.0. The molecule has 2 rings (SSSR count). The van der Waals surface area contributed by atoms with Crippen molar-refractivity contribution in [3.63, 3.8) is 0 Å². The molecule has 6 nitrogen and oxygen atoms in total. The van der Waals surface area contributed by atoms with Crippen molar-refractivity contribution in [1.82, 2.24) is 9.55 Å². The lowest BCUT2D eigenvalue weighted by atomic mass is 10.3. The zero-order chi connectivity index (χ0) is 13.8. The summed E-state index contributed by atoms with van der Waals surface area (Å²) in [6.45, 7) is -0.286. The zero-order valence-corrected chi connectivity index (χ0v) is 10.5. The van der Waals surface area contributed by atoms with Crippen molar-refractivity contribution in [2.45, 2.75) is 6.54 Å². The van der Waals surface area contributed by atoms with Crippen molar-refractivity contribution >= 4 is 29.3 Å². The van der Waals surface area contributed by atoms with Gasteiger partial charge in [0.25, 0.3) is 5.91 Å². The molecule has 0 aliphatic heterocycles. The fourth-order valence-electron chi connectivity index (χ4n) is 1.55. The number of carbonyl (C=O) groups excluding carboxylic acids is 1. The summed E-state index contributed by atoms with van der Waals surface area (Å²) in [5, 5.41) is 11.6. The number of hydrogen-bond acceptors (Lipinski definition) is 3. The molecule has 98 valence electrons. The number of carbonyl (C=O) groups is 2. The topological polar surface area (TPSA) is 84.2 Å². The molecule has 0 atom stereocenters. The van der Waals surface area contributed by atoms with E-state index in [2.05, 4.69) is 10.3 Å². The normalized spacial score (nSPS) is 10.2. The maximum atomic E-state index is 12.0. The van der Waals surface area contributed by atoms with Gasteiger partial charge in [0.2, 0.25) is 0 Å². The molecule has 0 aromatic carbocycles. The van der Waals surface area contributed by atoms with Crippen LogP contribution in [0.5, 0.6) is 0 Å². The van der Waals surface area contributed by atoms with Gasteiger partial charge in [-0.25, -0.2) is 4.98 Å². The number of nitrogens with zero attached hydrogens (tertiary/aromatic N) is 2. The first kappa shape index (κ1) is 13.1. The fourth-order valence-corrected chi connectivity index (χ4v) is 1.72. The van der Waals surface area contributed by atoms with Crippen LogP contribution in [0.15, 0.2) is 36.7 Å². The van der Waals surface area contributed by atoms with E-state index in [-0.39, 0.29) is 18.1 Å². The van der Waals surface area contributed by atoms with Crippen LogP contribution >= 0.6 is 11.6 Å². The molecule has 0 aliphatic carbocycles. The minimum atomic E-state index is -1.03. The van der Waals surface area contributed by atoms with Gasteiger partial charge >= 0.3 is 5.97 Å². The van der Waals surface area contributed by atoms with Crippen LogP contribution in [-0.4, -0.2) is 26.5 Å². The SMILES string of the molecule is O=C(O)Cn1cccc1C(=O)Nc1ncccc1Cl. The third kappa shape index (κ3) is 3.11. The van der Waals surface area contributed by atoms with E-state index >= 15 is 0 Å². The molecule has 19 heavy (non-hydrogen) atoms.